The van der Waals surface area contributed by atoms with Crippen LogP contribution in [0.5, 0.6) is 0 Å². The molecular weight excluding hydrogens is 378 g/mol. The molecule has 1 heterocycles. The summed E-state index contributed by atoms with van der Waals surface area (Å²) in [5.41, 5.74) is 6.48. The van der Waals surface area contributed by atoms with Gasteiger partial charge < -0.3 is 5.73 Å². The molecule has 0 amide bonds. The van der Waals surface area contributed by atoms with Gasteiger partial charge in [0.05, 0.1) is 11.0 Å². The van der Waals surface area contributed by atoms with Gasteiger partial charge in [-0.15, -0.1) is 12.4 Å². The van der Waals surface area contributed by atoms with Crippen molar-refractivity contribution in [3.05, 3.63) is 70.3 Å². The Labute approximate surface area is 158 Å². The second-order valence-corrected chi connectivity index (χ2v) is 7.91. The maximum absolute atomic E-state index is 13.2. The van der Waals surface area contributed by atoms with Crippen molar-refractivity contribution in [1.29, 1.82) is 0 Å². The third-order valence-electron chi connectivity index (χ3n) is 4.43. The zero-order valence-corrected chi connectivity index (χ0v) is 15.5. The lowest BCUT2D eigenvalue weighted by Gasteiger charge is -2.37. The molecule has 2 aromatic rings. The van der Waals surface area contributed by atoms with Gasteiger partial charge in [-0.1, -0.05) is 42.5 Å². The van der Waals surface area contributed by atoms with E-state index < -0.39 is 26.7 Å². The van der Waals surface area contributed by atoms with Crippen LogP contribution in [-0.4, -0.2) is 30.2 Å². The molecule has 0 unspecified atom stereocenters. The van der Waals surface area contributed by atoms with Crippen LogP contribution >= 0.6 is 12.4 Å². The van der Waals surface area contributed by atoms with E-state index in [1.807, 2.05) is 30.3 Å². The third-order valence-corrected chi connectivity index (χ3v) is 6.38. The van der Waals surface area contributed by atoms with E-state index in [1.165, 1.54) is 28.6 Å². The first kappa shape index (κ1) is 20.3. The normalized spacial score (nSPS) is 21.0. The Hall–Kier alpha value is -2.00. The molecule has 0 spiro atoms. The predicted octanol–water partition coefficient (Wildman–Crippen LogP) is 2.87. The molecule has 7 nitrogen and oxygen atoms in total. The summed E-state index contributed by atoms with van der Waals surface area (Å²) in [6.07, 6.45) is 0.993. The van der Waals surface area contributed by atoms with E-state index in [9.17, 15) is 18.5 Å². The van der Waals surface area contributed by atoms with Gasteiger partial charge in [-0.3, -0.25) is 10.1 Å². The van der Waals surface area contributed by atoms with E-state index in [0.717, 1.165) is 5.56 Å². The van der Waals surface area contributed by atoms with Crippen LogP contribution in [0.2, 0.25) is 0 Å². The molecule has 2 N–H and O–H groups in total. The predicted molar refractivity (Wildman–Crippen MR) is 101 cm³/mol. The summed E-state index contributed by atoms with van der Waals surface area (Å²) in [7, 11) is -4.02. The summed E-state index contributed by atoms with van der Waals surface area (Å²) in [5.74, 6) is 0. The summed E-state index contributed by atoms with van der Waals surface area (Å²) in [5, 5.41) is 11.3. The lowest BCUT2D eigenvalue weighted by Crippen LogP contribution is -2.45. The molecule has 2 atom stereocenters. The first-order valence-corrected chi connectivity index (χ1v) is 9.41. The molecule has 140 valence electrons. The van der Waals surface area contributed by atoms with Crippen LogP contribution in [-0.2, 0) is 10.0 Å². The van der Waals surface area contributed by atoms with Gasteiger partial charge in [0.1, 0.15) is 0 Å². The Morgan fingerprint density at radius 3 is 2.35 bits per heavy atom. The third kappa shape index (κ3) is 3.88. The van der Waals surface area contributed by atoms with Crippen molar-refractivity contribution in [1.82, 2.24) is 4.31 Å². The van der Waals surface area contributed by atoms with Gasteiger partial charge >= 0.3 is 0 Å². The highest BCUT2D eigenvalue weighted by Crippen LogP contribution is 2.37. The Kier molecular flexibility index (Phi) is 6.35. The molecule has 0 aromatic heterocycles. The minimum Gasteiger partial charge on any atom is -0.328 e. The summed E-state index contributed by atoms with van der Waals surface area (Å²) in [4.78, 5) is 10.3. The lowest BCUT2D eigenvalue weighted by atomic mass is 9.94. The number of benzene rings is 2. The Balaban J connectivity index is 0.00000243. The number of halogens is 1. The molecule has 1 fully saturated rings. The van der Waals surface area contributed by atoms with Crippen LogP contribution in [0.3, 0.4) is 0 Å². The summed E-state index contributed by atoms with van der Waals surface area (Å²) in [6.45, 7) is 0.231. The van der Waals surface area contributed by atoms with Gasteiger partial charge in [-0.25, -0.2) is 8.42 Å². The van der Waals surface area contributed by atoms with Gasteiger partial charge in [0.15, 0.2) is 4.90 Å². The van der Waals surface area contributed by atoms with Crippen molar-refractivity contribution in [3.63, 3.8) is 0 Å². The molecule has 9 heteroatoms. The number of piperidine rings is 1. The minimum atomic E-state index is -4.02. The lowest BCUT2D eigenvalue weighted by molar-refractivity contribution is -0.387. The Morgan fingerprint density at radius 1 is 1.08 bits per heavy atom. The fraction of sp³-hybridized carbons (Fsp3) is 0.294. The number of nitrogens with zero attached hydrogens (tertiary/aromatic N) is 2. The van der Waals surface area contributed by atoms with Gasteiger partial charge in [0, 0.05) is 18.7 Å². The first-order chi connectivity index (χ1) is 11.9. The molecular formula is C17H20ClN3O4S. The van der Waals surface area contributed by atoms with Crippen LogP contribution < -0.4 is 5.73 Å². The Bertz CT molecular complexity index is 877. The minimum absolute atomic E-state index is 0. The maximum Gasteiger partial charge on any atom is 0.289 e. The fourth-order valence-corrected chi connectivity index (χ4v) is 4.99. The average molecular weight is 398 g/mol. The molecule has 0 saturated carbocycles. The molecule has 1 aliphatic rings. The van der Waals surface area contributed by atoms with Crippen LogP contribution in [0.15, 0.2) is 59.5 Å². The van der Waals surface area contributed by atoms with Crippen LogP contribution in [0.1, 0.15) is 24.4 Å². The largest absolute Gasteiger partial charge is 0.328 e. The zero-order chi connectivity index (χ0) is 18.0. The van der Waals surface area contributed by atoms with Crippen molar-refractivity contribution in [2.75, 3.05) is 6.54 Å². The number of nitrogens with two attached hydrogens (primary N) is 1. The molecule has 0 radical (unpaired) electrons. The second-order valence-electron chi connectivity index (χ2n) is 6.05. The molecule has 1 saturated heterocycles. The van der Waals surface area contributed by atoms with Gasteiger partial charge in [0.25, 0.3) is 5.69 Å². The summed E-state index contributed by atoms with van der Waals surface area (Å²) >= 11 is 0. The smallest absolute Gasteiger partial charge is 0.289 e. The number of para-hydroxylation sites is 1. The SMILES string of the molecule is Cl.N[C@@H]1CCN(S(=O)(=O)c2ccccc2[N+](=O)[O-])[C@@H](c2ccccc2)C1. The standard InChI is InChI=1S/C17H19N3O4S.ClH/c18-14-10-11-19(16(12-14)13-6-2-1-3-7-13)25(23,24)17-9-5-4-8-15(17)20(21)22;/h1-9,14,16H,10-12,18H2;1H/t14-,16-;/m1./s1. The molecule has 26 heavy (non-hydrogen) atoms. The number of nitro groups is 1. The summed E-state index contributed by atoms with van der Waals surface area (Å²) < 4.78 is 27.7. The van der Waals surface area contributed by atoms with E-state index in [0.29, 0.717) is 12.8 Å². The second kappa shape index (κ2) is 8.13. The van der Waals surface area contributed by atoms with Crippen molar-refractivity contribution in [2.24, 2.45) is 5.73 Å². The van der Waals surface area contributed by atoms with E-state index in [1.54, 1.807) is 0 Å². The zero-order valence-electron chi connectivity index (χ0n) is 13.9. The quantitative estimate of drug-likeness (QED) is 0.630. The van der Waals surface area contributed by atoms with E-state index >= 15 is 0 Å². The van der Waals surface area contributed by atoms with Crippen LogP contribution in [0, 0.1) is 10.1 Å². The van der Waals surface area contributed by atoms with Crippen molar-refractivity contribution >= 4 is 28.1 Å². The molecule has 1 aliphatic heterocycles. The number of hydrogen-bond acceptors (Lipinski definition) is 5. The number of rotatable bonds is 4. The van der Waals surface area contributed by atoms with Crippen molar-refractivity contribution in [2.45, 2.75) is 29.8 Å². The topological polar surface area (TPSA) is 107 Å². The highest BCUT2D eigenvalue weighted by atomic mass is 35.5. The van der Waals surface area contributed by atoms with Crippen molar-refractivity contribution in [3.8, 4) is 0 Å². The number of sulfonamides is 1. The fourth-order valence-electron chi connectivity index (χ4n) is 3.19. The Morgan fingerprint density at radius 2 is 1.69 bits per heavy atom. The van der Waals surface area contributed by atoms with E-state index in [4.69, 9.17) is 5.73 Å². The molecule has 3 rings (SSSR count). The average Bonchev–Trinajstić information content (AvgIpc) is 2.62. The highest BCUT2D eigenvalue weighted by Gasteiger charge is 2.39. The van der Waals surface area contributed by atoms with Crippen molar-refractivity contribution < 1.29 is 13.3 Å². The van der Waals surface area contributed by atoms with Gasteiger partial charge in [-0.2, -0.15) is 4.31 Å². The van der Waals surface area contributed by atoms with Gasteiger partial charge in [0.2, 0.25) is 10.0 Å². The number of hydrogen-bond donors (Lipinski definition) is 1. The molecule has 2 aromatic carbocycles. The number of nitro benzene ring substituents is 1. The van der Waals surface area contributed by atoms with Crippen LogP contribution in [0.25, 0.3) is 0 Å². The van der Waals surface area contributed by atoms with Crippen LogP contribution in [0.4, 0.5) is 5.69 Å². The van der Waals surface area contributed by atoms with E-state index in [-0.39, 0.29) is 29.9 Å². The monoisotopic (exact) mass is 397 g/mol. The highest BCUT2D eigenvalue weighted by molar-refractivity contribution is 7.89. The molecule has 0 aliphatic carbocycles. The molecule has 0 bridgehead atoms. The first-order valence-electron chi connectivity index (χ1n) is 7.97. The van der Waals surface area contributed by atoms with Gasteiger partial charge in [-0.05, 0) is 24.5 Å². The summed E-state index contributed by atoms with van der Waals surface area (Å²) in [6, 6.07) is 14.1. The van der Waals surface area contributed by atoms with E-state index in [2.05, 4.69) is 0 Å². The maximum atomic E-state index is 13.2.